The van der Waals surface area contributed by atoms with E-state index in [4.69, 9.17) is 0 Å². The molecule has 13 heteroatoms. The first-order chi connectivity index (χ1) is 20.4. The Morgan fingerprint density at radius 2 is 1.81 bits per heavy atom. The van der Waals surface area contributed by atoms with E-state index in [1.165, 1.54) is 18.5 Å². The highest BCUT2D eigenvalue weighted by atomic mass is 79.9. The number of H-pyrrole nitrogens is 1. The van der Waals surface area contributed by atoms with Gasteiger partial charge in [0.05, 0.1) is 11.7 Å². The SMILES string of the molecule is Cc1cc(CNC(=O)c2cc(C(=O)NC3c4ccc(-c5nn[nH]n5)cc4CCc4cc(Br)cnc43)ncn2)ccc1F. The summed E-state index contributed by atoms with van der Waals surface area (Å²) in [5.74, 6) is -0.816. The Morgan fingerprint density at radius 1 is 1.00 bits per heavy atom. The fraction of sp³-hybridized carbons (Fsp3) is 0.172. The number of fused-ring (bicyclic) bond motifs is 2. The fourth-order valence-corrected chi connectivity index (χ4v) is 5.32. The molecule has 11 nitrogen and oxygen atoms in total. The third-order valence-corrected chi connectivity index (χ3v) is 7.48. The number of benzene rings is 2. The molecule has 5 aromatic rings. The van der Waals surface area contributed by atoms with E-state index in [1.807, 2.05) is 24.3 Å². The molecule has 0 radical (unpaired) electrons. The summed E-state index contributed by atoms with van der Waals surface area (Å²) in [5.41, 5.74) is 5.68. The van der Waals surface area contributed by atoms with Gasteiger partial charge in [0.2, 0.25) is 5.82 Å². The van der Waals surface area contributed by atoms with E-state index >= 15 is 0 Å². The zero-order valence-electron chi connectivity index (χ0n) is 22.2. The number of tetrazole rings is 1. The number of aryl methyl sites for hydroxylation is 3. The van der Waals surface area contributed by atoms with Gasteiger partial charge in [-0.3, -0.25) is 14.6 Å². The van der Waals surface area contributed by atoms with E-state index in [0.717, 1.165) is 38.0 Å². The van der Waals surface area contributed by atoms with Gasteiger partial charge in [0.15, 0.2) is 0 Å². The lowest BCUT2D eigenvalue weighted by Gasteiger charge is -2.21. The van der Waals surface area contributed by atoms with Gasteiger partial charge in [-0.2, -0.15) is 5.21 Å². The first-order valence-corrected chi connectivity index (χ1v) is 13.8. The van der Waals surface area contributed by atoms with E-state index < -0.39 is 17.9 Å². The lowest BCUT2D eigenvalue weighted by atomic mass is 9.95. The van der Waals surface area contributed by atoms with Gasteiger partial charge >= 0.3 is 0 Å². The van der Waals surface area contributed by atoms with Crippen LogP contribution in [0.25, 0.3) is 11.4 Å². The maximum atomic E-state index is 13.6. The van der Waals surface area contributed by atoms with Crippen molar-refractivity contribution >= 4 is 27.7 Å². The van der Waals surface area contributed by atoms with Crippen molar-refractivity contribution in [2.45, 2.75) is 32.4 Å². The van der Waals surface area contributed by atoms with Crippen molar-refractivity contribution < 1.29 is 14.0 Å². The number of carbonyl (C=O) groups excluding carboxylic acids is 2. The maximum Gasteiger partial charge on any atom is 0.270 e. The quantitative estimate of drug-likeness (QED) is 0.257. The van der Waals surface area contributed by atoms with Gasteiger partial charge < -0.3 is 10.6 Å². The van der Waals surface area contributed by atoms with E-state index in [1.54, 1.807) is 25.3 Å². The molecule has 6 rings (SSSR count). The molecule has 1 aliphatic carbocycles. The van der Waals surface area contributed by atoms with Crippen LogP contribution in [0, 0.1) is 12.7 Å². The van der Waals surface area contributed by atoms with E-state index in [2.05, 4.69) is 62.1 Å². The normalized spacial score (nSPS) is 13.9. The van der Waals surface area contributed by atoms with Gasteiger partial charge in [0.25, 0.3) is 11.8 Å². The van der Waals surface area contributed by atoms with Crippen LogP contribution in [0.4, 0.5) is 4.39 Å². The van der Waals surface area contributed by atoms with Gasteiger partial charge in [-0.1, -0.05) is 24.3 Å². The van der Waals surface area contributed by atoms with Crippen molar-refractivity contribution in [3.8, 4) is 11.4 Å². The predicted octanol–water partition coefficient (Wildman–Crippen LogP) is 3.81. The summed E-state index contributed by atoms with van der Waals surface area (Å²) in [5, 5.41) is 20.1. The molecule has 0 spiro atoms. The number of hydrogen-bond donors (Lipinski definition) is 3. The maximum absolute atomic E-state index is 13.6. The molecular formula is C29H23BrFN9O2. The Labute approximate surface area is 247 Å². The molecule has 0 fully saturated rings. The number of rotatable bonds is 6. The minimum Gasteiger partial charge on any atom is -0.347 e. The summed E-state index contributed by atoms with van der Waals surface area (Å²) in [7, 11) is 0. The lowest BCUT2D eigenvalue weighted by Crippen LogP contribution is -2.32. The minimum absolute atomic E-state index is 0.0284. The van der Waals surface area contributed by atoms with Crippen molar-refractivity contribution in [3.05, 3.63) is 116 Å². The number of nitrogens with zero attached hydrogens (tertiary/aromatic N) is 6. The first-order valence-electron chi connectivity index (χ1n) is 13.0. The number of halogens is 2. The average molecular weight is 628 g/mol. The number of aromatic nitrogens is 7. The van der Waals surface area contributed by atoms with E-state index in [-0.39, 0.29) is 23.7 Å². The second-order valence-corrected chi connectivity index (χ2v) is 10.7. The topological polar surface area (TPSA) is 151 Å². The molecule has 3 aromatic heterocycles. The molecule has 0 bridgehead atoms. The van der Waals surface area contributed by atoms with Gasteiger partial charge in [0, 0.05) is 28.8 Å². The van der Waals surface area contributed by atoms with Crippen molar-refractivity contribution in [3.63, 3.8) is 0 Å². The molecule has 3 N–H and O–H groups in total. The second kappa shape index (κ2) is 11.5. The minimum atomic E-state index is -0.577. The average Bonchev–Trinajstić information content (AvgIpc) is 3.50. The van der Waals surface area contributed by atoms with Gasteiger partial charge in [-0.05, 0) is 86.9 Å². The number of pyridine rings is 1. The first kappa shape index (κ1) is 27.3. The molecular weight excluding hydrogens is 605 g/mol. The summed E-state index contributed by atoms with van der Waals surface area (Å²) in [6, 6.07) is 13.2. The van der Waals surface area contributed by atoms with Gasteiger partial charge in [-0.15, -0.1) is 10.2 Å². The molecule has 0 aliphatic heterocycles. The zero-order chi connectivity index (χ0) is 29.2. The number of nitrogens with one attached hydrogen (secondary N) is 3. The van der Waals surface area contributed by atoms with Crippen LogP contribution in [-0.4, -0.2) is 47.4 Å². The third-order valence-electron chi connectivity index (χ3n) is 7.05. The van der Waals surface area contributed by atoms with Crippen LogP contribution in [0.1, 0.15) is 60.5 Å². The van der Waals surface area contributed by atoms with E-state index in [0.29, 0.717) is 24.2 Å². The largest absolute Gasteiger partial charge is 0.347 e. The molecule has 2 aromatic carbocycles. The van der Waals surface area contributed by atoms with Crippen LogP contribution in [0.2, 0.25) is 0 Å². The monoisotopic (exact) mass is 627 g/mol. The Balaban J connectivity index is 1.26. The molecule has 1 atom stereocenters. The Morgan fingerprint density at radius 3 is 2.60 bits per heavy atom. The number of hydrogen-bond acceptors (Lipinski definition) is 8. The number of aromatic amines is 1. The molecule has 42 heavy (non-hydrogen) atoms. The highest BCUT2D eigenvalue weighted by Crippen LogP contribution is 2.34. The summed E-state index contributed by atoms with van der Waals surface area (Å²) in [6.45, 7) is 1.83. The summed E-state index contributed by atoms with van der Waals surface area (Å²) < 4.78 is 14.4. The second-order valence-electron chi connectivity index (χ2n) is 9.81. The smallest absolute Gasteiger partial charge is 0.270 e. The molecule has 3 heterocycles. The predicted molar refractivity (Wildman–Crippen MR) is 153 cm³/mol. The van der Waals surface area contributed by atoms with E-state index in [9.17, 15) is 14.0 Å². The highest BCUT2D eigenvalue weighted by Gasteiger charge is 2.28. The standard InChI is InChI=1S/C29H23BrFN9O2/c1-15-8-16(2-7-22(15)31)12-33-28(41)23-11-24(35-14-34-23)29(42)36-26-21-6-5-19(27-37-39-40-38-27)9-17(21)3-4-18-10-20(30)13-32-25(18)26/h2,5-11,13-14,26H,3-4,12H2,1H3,(H,33,41)(H,36,42)(H,37,38,39,40). The number of carbonyl (C=O) groups is 2. The Bertz CT molecular complexity index is 1810. The van der Waals surface area contributed by atoms with Crippen LogP contribution in [0.15, 0.2) is 65.5 Å². The zero-order valence-corrected chi connectivity index (χ0v) is 23.8. The van der Waals surface area contributed by atoms with Crippen LogP contribution >= 0.6 is 15.9 Å². The number of amides is 2. The summed E-state index contributed by atoms with van der Waals surface area (Å²) in [4.78, 5) is 39.2. The molecule has 0 saturated heterocycles. The van der Waals surface area contributed by atoms with Crippen LogP contribution in [-0.2, 0) is 19.4 Å². The lowest BCUT2D eigenvalue weighted by molar-refractivity contribution is 0.0937. The van der Waals surface area contributed by atoms with Crippen LogP contribution in [0.3, 0.4) is 0 Å². The molecule has 210 valence electrons. The highest BCUT2D eigenvalue weighted by molar-refractivity contribution is 9.10. The van der Waals surface area contributed by atoms with Crippen LogP contribution in [0.5, 0.6) is 0 Å². The molecule has 2 amide bonds. The molecule has 0 saturated carbocycles. The van der Waals surface area contributed by atoms with Crippen molar-refractivity contribution in [2.75, 3.05) is 0 Å². The Kier molecular flexibility index (Phi) is 7.48. The van der Waals surface area contributed by atoms with Crippen molar-refractivity contribution in [1.29, 1.82) is 0 Å². The molecule has 1 unspecified atom stereocenters. The fourth-order valence-electron chi connectivity index (χ4n) is 4.94. The summed E-state index contributed by atoms with van der Waals surface area (Å²) >= 11 is 3.50. The molecule has 1 aliphatic rings. The van der Waals surface area contributed by atoms with Gasteiger partial charge in [-0.25, -0.2) is 14.4 Å². The van der Waals surface area contributed by atoms with Crippen molar-refractivity contribution in [1.82, 2.24) is 46.2 Å². The summed E-state index contributed by atoms with van der Waals surface area (Å²) in [6.07, 6.45) is 4.30. The van der Waals surface area contributed by atoms with Crippen molar-refractivity contribution in [2.24, 2.45) is 0 Å². The third kappa shape index (κ3) is 5.63. The van der Waals surface area contributed by atoms with Gasteiger partial charge in [0.1, 0.15) is 23.5 Å². The Hall–Kier alpha value is -4.91. The van der Waals surface area contributed by atoms with Crippen LogP contribution < -0.4 is 10.6 Å².